The summed E-state index contributed by atoms with van der Waals surface area (Å²) in [5.74, 6) is 0.545. The van der Waals surface area contributed by atoms with Crippen molar-refractivity contribution in [1.29, 1.82) is 0 Å². The smallest absolute Gasteiger partial charge is 0.0932 e. The van der Waals surface area contributed by atoms with Crippen LogP contribution in [0.4, 0.5) is 0 Å². The van der Waals surface area contributed by atoms with Gasteiger partial charge in [0, 0.05) is 0 Å². The van der Waals surface area contributed by atoms with Gasteiger partial charge in [0.25, 0.3) is 0 Å². The molecular weight excluding hydrogens is 160 g/mol. The second kappa shape index (κ2) is 2.87. The van der Waals surface area contributed by atoms with Crippen LogP contribution in [0.3, 0.4) is 0 Å². The molecule has 0 spiro atoms. The number of aryl methyl sites for hydroxylation is 1. The molecule has 1 aromatic heterocycles. The van der Waals surface area contributed by atoms with Crippen molar-refractivity contribution in [3.8, 4) is 0 Å². The fourth-order valence-corrected chi connectivity index (χ4v) is 1.67. The van der Waals surface area contributed by atoms with Crippen LogP contribution in [0.25, 0.3) is 11.0 Å². The lowest BCUT2D eigenvalue weighted by atomic mass is 10.00. The van der Waals surface area contributed by atoms with Crippen LogP contribution in [-0.2, 0) is 0 Å². The van der Waals surface area contributed by atoms with Gasteiger partial charge in [-0.25, -0.2) is 4.98 Å². The maximum atomic E-state index is 4.31. The van der Waals surface area contributed by atoms with Crippen LogP contribution in [0.2, 0.25) is 0 Å². The van der Waals surface area contributed by atoms with Crippen molar-refractivity contribution in [3.05, 3.63) is 29.6 Å². The summed E-state index contributed by atoms with van der Waals surface area (Å²) in [6.45, 7) is 6.49. The van der Waals surface area contributed by atoms with Crippen LogP contribution in [0.1, 0.15) is 30.9 Å². The lowest BCUT2D eigenvalue weighted by Gasteiger charge is -2.07. The van der Waals surface area contributed by atoms with Gasteiger partial charge in [0.15, 0.2) is 0 Å². The summed E-state index contributed by atoms with van der Waals surface area (Å²) in [7, 11) is 0. The zero-order valence-corrected chi connectivity index (χ0v) is 8.26. The van der Waals surface area contributed by atoms with Crippen LogP contribution >= 0.6 is 0 Å². The molecule has 68 valence electrons. The Labute approximate surface area is 78.0 Å². The lowest BCUT2D eigenvalue weighted by Crippen LogP contribution is -1.90. The van der Waals surface area contributed by atoms with Gasteiger partial charge in [-0.05, 0) is 24.0 Å². The molecule has 0 aliphatic carbocycles. The van der Waals surface area contributed by atoms with E-state index in [0.717, 1.165) is 5.52 Å². The van der Waals surface area contributed by atoms with Crippen molar-refractivity contribution < 1.29 is 0 Å². The number of fused-ring (bicyclic) bond motifs is 1. The number of nitrogens with one attached hydrogen (secondary N) is 1. The Hall–Kier alpha value is -1.31. The van der Waals surface area contributed by atoms with Crippen molar-refractivity contribution in [2.75, 3.05) is 0 Å². The fraction of sp³-hybridized carbons (Fsp3) is 0.364. The van der Waals surface area contributed by atoms with Crippen molar-refractivity contribution in [3.63, 3.8) is 0 Å². The van der Waals surface area contributed by atoms with Crippen molar-refractivity contribution >= 4 is 11.0 Å². The van der Waals surface area contributed by atoms with Crippen molar-refractivity contribution in [2.45, 2.75) is 26.7 Å². The van der Waals surface area contributed by atoms with E-state index in [4.69, 9.17) is 0 Å². The molecule has 0 aliphatic rings. The fourth-order valence-electron chi connectivity index (χ4n) is 1.67. The normalized spacial score (nSPS) is 11.4. The standard InChI is InChI=1S/C11H14N2/c1-7(2)9-5-4-8(3)10-11(9)13-6-12-10/h4-7H,1-3H3,(H,12,13). The van der Waals surface area contributed by atoms with Gasteiger partial charge in [-0.1, -0.05) is 26.0 Å². The van der Waals surface area contributed by atoms with Crippen LogP contribution < -0.4 is 0 Å². The van der Waals surface area contributed by atoms with Gasteiger partial charge in [-0.3, -0.25) is 0 Å². The molecule has 0 aliphatic heterocycles. The molecule has 0 atom stereocenters. The first kappa shape index (κ1) is 8.30. The van der Waals surface area contributed by atoms with Gasteiger partial charge in [-0.2, -0.15) is 0 Å². The van der Waals surface area contributed by atoms with E-state index in [1.165, 1.54) is 16.6 Å². The number of hydrogen-bond acceptors (Lipinski definition) is 1. The highest BCUT2D eigenvalue weighted by atomic mass is 14.9. The van der Waals surface area contributed by atoms with Crippen molar-refractivity contribution in [1.82, 2.24) is 9.97 Å². The van der Waals surface area contributed by atoms with E-state index >= 15 is 0 Å². The average Bonchev–Trinajstić information content (AvgIpc) is 2.53. The van der Waals surface area contributed by atoms with Crippen LogP contribution in [0.15, 0.2) is 18.5 Å². The number of imidazole rings is 1. The number of benzene rings is 1. The van der Waals surface area contributed by atoms with Gasteiger partial charge in [-0.15, -0.1) is 0 Å². The zero-order valence-electron chi connectivity index (χ0n) is 8.26. The summed E-state index contributed by atoms with van der Waals surface area (Å²) in [4.78, 5) is 7.50. The Morgan fingerprint density at radius 1 is 1.31 bits per heavy atom. The molecule has 2 aromatic rings. The summed E-state index contributed by atoms with van der Waals surface area (Å²) < 4.78 is 0. The minimum atomic E-state index is 0.545. The lowest BCUT2D eigenvalue weighted by molar-refractivity contribution is 0.873. The van der Waals surface area contributed by atoms with E-state index in [9.17, 15) is 0 Å². The minimum absolute atomic E-state index is 0.545. The highest BCUT2D eigenvalue weighted by Crippen LogP contribution is 2.24. The van der Waals surface area contributed by atoms with Gasteiger partial charge in [0.2, 0.25) is 0 Å². The predicted octanol–water partition coefficient (Wildman–Crippen LogP) is 2.99. The van der Waals surface area contributed by atoms with Crippen LogP contribution in [-0.4, -0.2) is 9.97 Å². The molecule has 2 heteroatoms. The van der Waals surface area contributed by atoms with Gasteiger partial charge < -0.3 is 4.98 Å². The zero-order chi connectivity index (χ0) is 9.42. The molecule has 1 N–H and O–H groups in total. The molecular formula is C11H14N2. The second-order valence-electron chi connectivity index (χ2n) is 3.75. The molecule has 0 radical (unpaired) electrons. The molecule has 13 heavy (non-hydrogen) atoms. The topological polar surface area (TPSA) is 28.7 Å². The molecule has 0 unspecified atom stereocenters. The van der Waals surface area contributed by atoms with Gasteiger partial charge in [0.05, 0.1) is 17.4 Å². The Morgan fingerprint density at radius 2 is 2.08 bits per heavy atom. The van der Waals surface area contributed by atoms with Crippen LogP contribution in [0.5, 0.6) is 0 Å². The predicted molar refractivity (Wildman–Crippen MR) is 54.9 cm³/mol. The summed E-state index contributed by atoms with van der Waals surface area (Å²) in [6, 6.07) is 4.32. The van der Waals surface area contributed by atoms with Gasteiger partial charge >= 0.3 is 0 Å². The summed E-state index contributed by atoms with van der Waals surface area (Å²) in [5.41, 5.74) is 4.87. The quantitative estimate of drug-likeness (QED) is 0.707. The molecule has 1 heterocycles. The summed E-state index contributed by atoms with van der Waals surface area (Å²) >= 11 is 0. The third-order valence-electron chi connectivity index (χ3n) is 2.44. The molecule has 0 saturated carbocycles. The Morgan fingerprint density at radius 3 is 2.77 bits per heavy atom. The molecule has 0 fully saturated rings. The average molecular weight is 174 g/mol. The third kappa shape index (κ3) is 1.22. The first-order valence-electron chi connectivity index (χ1n) is 4.62. The molecule has 2 rings (SSSR count). The Kier molecular flexibility index (Phi) is 1.83. The maximum Gasteiger partial charge on any atom is 0.0932 e. The van der Waals surface area contributed by atoms with Gasteiger partial charge in [0.1, 0.15) is 0 Å². The molecule has 0 saturated heterocycles. The Bertz CT molecular complexity index is 427. The number of rotatable bonds is 1. The SMILES string of the molecule is Cc1ccc(C(C)C)c2[nH]cnc12. The highest BCUT2D eigenvalue weighted by molar-refractivity contribution is 5.81. The molecule has 0 bridgehead atoms. The minimum Gasteiger partial charge on any atom is -0.344 e. The largest absolute Gasteiger partial charge is 0.344 e. The Balaban J connectivity index is 2.78. The van der Waals surface area contributed by atoms with E-state index in [-0.39, 0.29) is 0 Å². The maximum absolute atomic E-state index is 4.31. The first-order chi connectivity index (χ1) is 6.20. The highest BCUT2D eigenvalue weighted by Gasteiger charge is 2.07. The molecule has 1 aromatic carbocycles. The first-order valence-corrected chi connectivity index (χ1v) is 4.62. The van der Waals surface area contributed by atoms with E-state index < -0.39 is 0 Å². The number of aromatic amines is 1. The van der Waals surface area contributed by atoms with Crippen LogP contribution in [0, 0.1) is 6.92 Å². The number of nitrogens with zero attached hydrogens (tertiary/aromatic N) is 1. The number of aromatic nitrogens is 2. The van der Waals surface area contributed by atoms with E-state index in [2.05, 4.69) is 42.9 Å². The number of hydrogen-bond donors (Lipinski definition) is 1. The molecule has 2 nitrogen and oxygen atoms in total. The molecule has 0 amide bonds. The van der Waals surface area contributed by atoms with E-state index in [1.54, 1.807) is 6.33 Å². The third-order valence-corrected chi connectivity index (χ3v) is 2.44. The number of H-pyrrole nitrogens is 1. The van der Waals surface area contributed by atoms with E-state index in [1.807, 2.05) is 0 Å². The summed E-state index contributed by atoms with van der Waals surface area (Å²) in [5, 5.41) is 0. The summed E-state index contributed by atoms with van der Waals surface area (Å²) in [6.07, 6.45) is 1.77. The monoisotopic (exact) mass is 174 g/mol. The van der Waals surface area contributed by atoms with E-state index in [0.29, 0.717) is 5.92 Å². The van der Waals surface area contributed by atoms with Crippen molar-refractivity contribution in [2.24, 2.45) is 0 Å². The second-order valence-corrected chi connectivity index (χ2v) is 3.75.